The Labute approximate surface area is 105 Å². The van der Waals surface area contributed by atoms with Gasteiger partial charge in [0.1, 0.15) is 0 Å². The first-order valence-electron chi connectivity index (χ1n) is 0. The minimum atomic E-state index is 0. The Morgan fingerprint density at radius 3 is 0.600 bits per heavy atom. The maximum Gasteiger partial charge on any atom is 3.00 e. The Kier molecular flexibility index (Phi) is 223. The molecule has 0 heterocycles. The molecule has 0 aliphatic rings. The van der Waals surface area contributed by atoms with Crippen molar-refractivity contribution in [2.75, 3.05) is 0 Å². The van der Waals surface area contributed by atoms with Crippen LogP contribution in [0.1, 0.15) is 0 Å². The molecule has 0 spiro atoms. The summed E-state index contributed by atoms with van der Waals surface area (Å²) in [6, 6.07) is 0. The fraction of sp³-hybridized carbons (Fsp3) is 0. The van der Waals surface area contributed by atoms with Gasteiger partial charge in [-0.25, -0.2) is 0 Å². The van der Waals surface area contributed by atoms with Crippen LogP contribution < -0.4 is 37.2 Å². The van der Waals surface area contributed by atoms with E-state index in [0.717, 1.165) is 0 Å². The molecule has 0 N–H and O–H groups in total. The molecule has 0 saturated heterocycles. The van der Waals surface area contributed by atoms with Crippen LogP contribution in [0.5, 0.6) is 0 Å². The van der Waals surface area contributed by atoms with E-state index in [1.807, 2.05) is 0 Å². The SMILES string of the molecule is [Cl-].[Cl-].[Cl-].[Er].[Y+3]. The van der Waals surface area contributed by atoms with Gasteiger partial charge in [0, 0.05) is 37.3 Å². The molecule has 0 aliphatic heterocycles. The van der Waals surface area contributed by atoms with Crippen molar-refractivity contribution in [1.29, 1.82) is 0 Å². The average molecular weight is 363 g/mol. The molecule has 5 heavy (non-hydrogen) atoms. The van der Waals surface area contributed by atoms with Crippen molar-refractivity contribution in [3.05, 3.63) is 0 Å². The molecule has 0 saturated carbocycles. The molecule has 36 valence electrons. The topological polar surface area (TPSA) is 0 Å². The van der Waals surface area contributed by atoms with E-state index in [-0.39, 0.29) is 107 Å². The van der Waals surface area contributed by atoms with Crippen molar-refractivity contribution in [1.82, 2.24) is 0 Å². The Bertz CT molecular complexity index is 6.85. The zero-order chi connectivity index (χ0) is 0. The first kappa shape index (κ1) is 41.3. The number of hydrogen-bond donors (Lipinski definition) is 0. The molecule has 0 aromatic rings. The molecular formula is Cl3ErY. The Morgan fingerprint density at radius 1 is 0.600 bits per heavy atom. The van der Waals surface area contributed by atoms with E-state index in [2.05, 4.69) is 0 Å². The van der Waals surface area contributed by atoms with Crippen LogP contribution in [-0.2, 0) is 32.7 Å². The van der Waals surface area contributed by atoms with E-state index < -0.39 is 0 Å². The van der Waals surface area contributed by atoms with Crippen LogP contribution in [-0.4, -0.2) is 0 Å². The predicted octanol–water partition coefficient (Wildman–Crippen LogP) is -8.99. The third-order valence-corrected chi connectivity index (χ3v) is 0. The van der Waals surface area contributed by atoms with Gasteiger partial charge < -0.3 is 37.2 Å². The molecule has 0 fully saturated rings. The van der Waals surface area contributed by atoms with Crippen molar-refractivity contribution in [3.8, 4) is 0 Å². The summed E-state index contributed by atoms with van der Waals surface area (Å²) >= 11 is 0. The standard InChI is InChI=1S/3ClH.Er.Y/h3*1H;;/q;;;;+3/p-3. The summed E-state index contributed by atoms with van der Waals surface area (Å²) in [5.41, 5.74) is 0. The van der Waals surface area contributed by atoms with Gasteiger partial charge in [0.05, 0.1) is 0 Å². The van der Waals surface area contributed by atoms with E-state index in [1.54, 1.807) is 0 Å². The second-order valence-electron chi connectivity index (χ2n) is 0. The van der Waals surface area contributed by atoms with E-state index in [0.29, 0.717) is 0 Å². The summed E-state index contributed by atoms with van der Waals surface area (Å²) in [5, 5.41) is 0. The largest absolute Gasteiger partial charge is 3.00 e. The average Bonchev–Trinajstić information content (AvgIpc) is 0. The second kappa shape index (κ2) is 26.9. The zero-order valence-electron chi connectivity index (χ0n) is 2.00. The predicted molar refractivity (Wildman–Crippen MR) is 0 cm³/mol. The van der Waals surface area contributed by atoms with E-state index >= 15 is 0 Å². The summed E-state index contributed by atoms with van der Waals surface area (Å²) in [6.07, 6.45) is 0. The van der Waals surface area contributed by atoms with Crippen molar-refractivity contribution in [2.24, 2.45) is 0 Å². The summed E-state index contributed by atoms with van der Waals surface area (Å²) in [6.45, 7) is 0. The molecule has 0 nitrogen and oxygen atoms in total. The Morgan fingerprint density at radius 2 is 0.600 bits per heavy atom. The second-order valence-corrected chi connectivity index (χ2v) is 0. The van der Waals surface area contributed by atoms with E-state index in [4.69, 9.17) is 0 Å². The van der Waals surface area contributed by atoms with Crippen LogP contribution in [0.4, 0.5) is 0 Å². The van der Waals surface area contributed by atoms with Gasteiger partial charge in [-0.1, -0.05) is 0 Å². The molecule has 0 aromatic carbocycles. The fourth-order valence-corrected chi connectivity index (χ4v) is 0. The van der Waals surface area contributed by atoms with Crippen LogP contribution >= 0.6 is 0 Å². The van der Waals surface area contributed by atoms with Gasteiger partial charge in [-0.15, -0.1) is 0 Å². The van der Waals surface area contributed by atoms with Gasteiger partial charge in [0.15, 0.2) is 0 Å². The quantitative estimate of drug-likeness (QED) is 0.402. The van der Waals surface area contributed by atoms with E-state index in [9.17, 15) is 0 Å². The number of halogens is 3. The minimum absolute atomic E-state index is 0. The summed E-state index contributed by atoms with van der Waals surface area (Å²) in [5.74, 6) is 0. The van der Waals surface area contributed by atoms with Crippen LogP contribution in [0.25, 0.3) is 0 Å². The van der Waals surface area contributed by atoms with Gasteiger partial charge in [-0.2, -0.15) is 0 Å². The molecule has 0 aromatic heterocycles. The summed E-state index contributed by atoms with van der Waals surface area (Å²) in [4.78, 5) is 0. The van der Waals surface area contributed by atoms with Gasteiger partial charge in [-0.3, -0.25) is 0 Å². The summed E-state index contributed by atoms with van der Waals surface area (Å²) in [7, 11) is 0. The van der Waals surface area contributed by atoms with Crippen LogP contribution in [0.3, 0.4) is 0 Å². The van der Waals surface area contributed by atoms with Crippen LogP contribution in [0.2, 0.25) is 0 Å². The molecule has 5 heteroatoms. The van der Waals surface area contributed by atoms with Crippen LogP contribution in [0, 0.1) is 37.3 Å². The summed E-state index contributed by atoms with van der Waals surface area (Å²) < 4.78 is 0. The van der Waals surface area contributed by atoms with Crippen LogP contribution in [0.15, 0.2) is 0 Å². The first-order valence-corrected chi connectivity index (χ1v) is 0. The molecular weight excluding hydrogens is 363 g/mol. The maximum absolute atomic E-state index is 0. The fourth-order valence-electron chi connectivity index (χ4n) is 0. The monoisotopic (exact) mass is 360 g/mol. The first-order chi connectivity index (χ1) is 0. The molecule has 0 bridgehead atoms. The molecule has 0 amide bonds. The Balaban J connectivity index is 0. The van der Waals surface area contributed by atoms with Crippen molar-refractivity contribution >= 4 is 0 Å². The maximum atomic E-state index is 0. The third-order valence-electron chi connectivity index (χ3n) is 0. The van der Waals surface area contributed by atoms with Gasteiger partial charge in [0.25, 0.3) is 0 Å². The third kappa shape index (κ3) is 19.0. The van der Waals surface area contributed by atoms with Crippen molar-refractivity contribution < 1.29 is 107 Å². The van der Waals surface area contributed by atoms with E-state index in [1.165, 1.54) is 0 Å². The smallest absolute Gasteiger partial charge is 1.00 e. The van der Waals surface area contributed by atoms with Crippen molar-refractivity contribution in [2.45, 2.75) is 0 Å². The van der Waals surface area contributed by atoms with Gasteiger partial charge >= 0.3 is 32.7 Å². The molecule has 0 aliphatic carbocycles. The molecule has 0 atom stereocenters. The number of hydrogen-bond acceptors (Lipinski definition) is 0. The number of rotatable bonds is 0. The molecule has 0 unspecified atom stereocenters. The molecule has 0 rings (SSSR count). The van der Waals surface area contributed by atoms with Gasteiger partial charge in [-0.05, 0) is 0 Å². The molecule has 0 radical (unpaired) electrons. The normalized spacial score (nSPS) is 0. The Hall–Kier alpha value is 3.22. The minimum Gasteiger partial charge on any atom is -1.00 e. The van der Waals surface area contributed by atoms with Gasteiger partial charge in [0.2, 0.25) is 0 Å². The van der Waals surface area contributed by atoms with Crippen molar-refractivity contribution in [3.63, 3.8) is 0 Å². The zero-order valence-corrected chi connectivity index (χ0v) is 8.96.